The molecule has 1 aliphatic heterocycles. The molecule has 0 aliphatic carbocycles. The van der Waals surface area contributed by atoms with Gasteiger partial charge in [0.2, 0.25) is 0 Å². The van der Waals surface area contributed by atoms with Crippen LogP contribution in [0.2, 0.25) is 0 Å². The fraction of sp³-hybridized carbons (Fsp3) is 0.417. The molecule has 0 radical (unpaired) electrons. The first kappa shape index (κ1) is 10.2. The molecule has 1 aromatic carbocycles. The Balaban J connectivity index is 2.31. The van der Waals surface area contributed by atoms with Crippen molar-refractivity contribution in [3.8, 4) is 0 Å². The molecule has 1 aliphatic rings. The van der Waals surface area contributed by atoms with E-state index in [0.29, 0.717) is 0 Å². The second kappa shape index (κ2) is 3.35. The molecule has 1 saturated heterocycles. The average molecular weight is 205 g/mol. The summed E-state index contributed by atoms with van der Waals surface area (Å²) < 4.78 is 5.74. The van der Waals surface area contributed by atoms with Crippen LogP contribution in [0.1, 0.15) is 25.5 Å². The summed E-state index contributed by atoms with van der Waals surface area (Å²) in [5.74, 6) is 0.0196. The van der Waals surface area contributed by atoms with Crippen LogP contribution in [0.15, 0.2) is 30.3 Å². The van der Waals surface area contributed by atoms with Crippen molar-refractivity contribution in [3.63, 3.8) is 0 Å². The van der Waals surface area contributed by atoms with Gasteiger partial charge in [0.05, 0.1) is 0 Å². The minimum atomic E-state index is -0.516. The Morgan fingerprint density at radius 1 is 1.27 bits per heavy atom. The van der Waals surface area contributed by atoms with Crippen LogP contribution in [-0.4, -0.2) is 23.6 Å². The average Bonchev–Trinajstić information content (AvgIpc) is 2.44. The van der Waals surface area contributed by atoms with Gasteiger partial charge in [0, 0.05) is 7.05 Å². The van der Waals surface area contributed by atoms with Crippen molar-refractivity contribution in [2.75, 3.05) is 7.05 Å². The lowest BCUT2D eigenvalue weighted by atomic mass is 10.1. The van der Waals surface area contributed by atoms with Gasteiger partial charge in [-0.05, 0) is 19.4 Å². The number of hydrogen-bond acceptors (Lipinski definition) is 2. The zero-order valence-electron chi connectivity index (χ0n) is 9.23. The van der Waals surface area contributed by atoms with Crippen molar-refractivity contribution in [2.24, 2.45) is 0 Å². The number of benzene rings is 1. The van der Waals surface area contributed by atoms with Crippen LogP contribution in [0, 0.1) is 0 Å². The van der Waals surface area contributed by atoms with Crippen molar-refractivity contribution in [3.05, 3.63) is 35.9 Å². The third kappa shape index (κ3) is 1.63. The van der Waals surface area contributed by atoms with E-state index in [-0.39, 0.29) is 5.91 Å². The molecule has 1 amide bonds. The Kier molecular flexibility index (Phi) is 2.27. The van der Waals surface area contributed by atoms with Crippen molar-refractivity contribution in [1.82, 2.24) is 4.90 Å². The number of ether oxygens (including phenoxy) is 1. The van der Waals surface area contributed by atoms with Crippen molar-refractivity contribution in [2.45, 2.75) is 25.7 Å². The lowest BCUT2D eigenvalue weighted by Crippen LogP contribution is -2.38. The number of likely N-dealkylation sites (N-methyl/N-ethyl adjacent to an activating group) is 1. The van der Waals surface area contributed by atoms with Crippen LogP contribution in [0.3, 0.4) is 0 Å². The number of rotatable bonds is 1. The fourth-order valence-electron chi connectivity index (χ4n) is 1.70. The fourth-order valence-corrected chi connectivity index (χ4v) is 1.70. The Labute approximate surface area is 89.7 Å². The smallest absolute Gasteiger partial charge is 0.258 e. The van der Waals surface area contributed by atoms with Crippen LogP contribution in [0.5, 0.6) is 0 Å². The minimum Gasteiger partial charge on any atom is -0.338 e. The number of amides is 1. The summed E-state index contributed by atoms with van der Waals surface area (Å²) >= 11 is 0. The molecule has 0 aromatic heterocycles. The molecular formula is C12H15NO2. The predicted octanol–water partition coefficient (Wildman–Crippen LogP) is 1.95. The van der Waals surface area contributed by atoms with Crippen molar-refractivity contribution < 1.29 is 9.53 Å². The van der Waals surface area contributed by atoms with Gasteiger partial charge in [0.1, 0.15) is 5.72 Å². The molecule has 80 valence electrons. The van der Waals surface area contributed by atoms with Crippen LogP contribution in [0.4, 0.5) is 0 Å². The number of hydrogen-bond donors (Lipinski definition) is 0. The summed E-state index contributed by atoms with van der Waals surface area (Å²) in [5.41, 5.74) is 0.400. The third-order valence-electron chi connectivity index (χ3n) is 2.87. The molecule has 0 bridgehead atoms. The van der Waals surface area contributed by atoms with Gasteiger partial charge in [-0.3, -0.25) is 4.79 Å². The summed E-state index contributed by atoms with van der Waals surface area (Å²) in [6.45, 7) is 3.79. The van der Waals surface area contributed by atoms with E-state index in [1.807, 2.05) is 44.2 Å². The molecule has 1 atom stereocenters. The highest BCUT2D eigenvalue weighted by molar-refractivity contribution is 5.84. The maximum Gasteiger partial charge on any atom is 0.258 e. The first-order valence-electron chi connectivity index (χ1n) is 5.03. The van der Waals surface area contributed by atoms with Gasteiger partial charge < -0.3 is 9.64 Å². The lowest BCUT2D eigenvalue weighted by molar-refractivity contribution is -0.130. The maximum atomic E-state index is 11.9. The first-order chi connectivity index (χ1) is 7.02. The van der Waals surface area contributed by atoms with Gasteiger partial charge in [-0.1, -0.05) is 30.3 Å². The van der Waals surface area contributed by atoms with E-state index in [4.69, 9.17) is 4.74 Å². The van der Waals surface area contributed by atoms with Crippen LogP contribution in [-0.2, 0) is 9.53 Å². The van der Waals surface area contributed by atoms with E-state index < -0.39 is 11.8 Å². The van der Waals surface area contributed by atoms with Gasteiger partial charge in [0.15, 0.2) is 6.10 Å². The van der Waals surface area contributed by atoms with Crippen LogP contribution < -0.4 is 0 Å². The van der Waals surface area contributed by atoms with Gasteiger partial charge in [-0.15, -0.1) is 0 Å². The standard InChI is InChI=1S/C12H15NO2/c1-12(2)13(3)11(14)10(15-12)9-7-5-4-6-8-9/h4-8,10H,1-3H3/t10-/m0/s1. The molecule has 0 unspecified atom stereocenters. The normalized spacial score (nSPS) is 24.6. The maximum absolute atomic E-state index is 11.9. The van der Waals surface area contributed by atoms with E-state index in [1.165, 1.54) is 0 Å². The highest BCUT2D eigenvalue weighted by Crippen LogP contribution is 2.35. The summed E-state index contributed by atoms with van der Waals surface area (Å²) in [5, 5.41) is 0. The van der Waals surface area contributed by atoms with Gasteiger partial charge >= 0.3 is 0 Å². The molecule has 0 N–H and O–H groups in total. The van der Waals surface area contributed by atoms with Crippen LogP contribution >= 0.6 is 0 Å². The van der Waals surface area contributed by atoms with E-state index in [9.17, 15) is 4.79 Å². The largest absolute Gasteiger partial charge is 0.338 e. The summed E-state index contributed by atoms with van der Waals surface area (Å²) in [4.78, 5) is 13.6. The van der Waals surface area contributed by atoms with E-state index in [2.05, 4.69) is 0 Å². The Morgan fingerprint density at radius 3 is 2.33 bits per heavy atom. The Hall–Kier alpha value is -1.35. The second-order valence-electron chi connectivity index (χ2n) is 4.25. The summed E-state index contributed by atoms with van der Waals surface area (Å²) in [7, 11) is 1.77. The topological polar surface area (TPSA) is 29.5 Å². The Morgan fingerprint density at radius 2 is 1.87 bits per heavy atom. The molecule has 1 aromatic rings. The van der Waals surface area contributed by atoms with Crippen molar-refractivity contribution in [1.29, 1.82) is 0 Å². The first-order valence-corrected chi connectivity index (χ1v) is 5.03. The molecule has 3 heteroatoms. The predicted molar refractivity (Wildman–Crippen MR) is 57.1 cm³/mol. The molecule has 2 rings (SSSR count). The highest BCUT2D eigenvalue weighted by atomic mass is 16.5. The molecule has 0 saturated carbocycles. The SMILES string of the molecule is CN1C(=O)[C@H](c2ccccc2)OC1(C)C. The Bertz CT molecular complexity index is 372. The molecule has 1 heterocycles. The second-order valence-corrected chi connectivity index (χ2v) is 4.25. The minimum absolute atomic E-state index is 0.0196. The number of nitrogens with zero attached hydrogens (tertiary/aromatic N) is 1. The monoisotopic (exact) mass is 205 g/mol. The zero-order chi connectivity index (χ0) is 11.1. The summed E-state index contributed by atoms with van der Waals surface area (Å²) in [6.07, 6.45) is -0.453. The quantitative estimate of drug-likeness (QED) is 0.701. The number of carbonyl (C=O) groups is 1. The van der Waals surface area contributed by atoms with E-state index in [0.717, 1.165) is 5.56 Å². The van der Waals surface area contributed by atoms with E-state index >= 15 is 0 Å². The number of carbonyl (C=O) groups excluding carboxylic acids is 1. The third-order valence-corrected chi connectivity index (χ3v) is 2.87. The molecule has 0 spiro atoms. The molecule has 15 heavy (non-hydrogen) atoms. The zero-order valence-corrected chi connectivity index (χ0v) is 9.23. The van der Waals surface area contributed by atoms with Gasteiger partial charge in [-0.2, -0.15) is 0 Å². The molecule has 1 fully saturated rings. The van der Waals surface area contributed by atoms with Gasteiger partial charge in [0.25, 0.3) is 5.91 Å². The van der Waals surface area contributed by atoms with Gasteiger partial charge in [-0.25, -0.2) is 0 Å². The molecular weight excluding hydrogens is 190 g/mol. The molecule has 3 nitrogen and oxygen atoms in total. The highest BCUT2D eigenvalue weighted by Gasteiger charge is 2.44. The lowest BCUT2D eigenvalue weighted by Gasteiger charge is -2.25. The van der Waals surface area contributed by atoms with Crippen molar-refractivity contribution >= 4 is 5.91 Å². The van der Waals surface area contributed by atoms with E-state index in [1.54, 1.807) is 11.9 Å². The van der Waals surface area contributed by atoms with Crippen LogP contribution in [0.25, 0.3) is 0 Å². The summed E-state index contributed by atoms with van der Waals surface area (Å²) in [6, 6.07) is 9.59.